The van der Waals surface area contributed by atoms with E-state index in [-0.39, 0.29) is 23.9 Å². The molecule has 1 saturated heterocycles. The van der Waals surface area contributed by atoms with Gasteiger partial charge in [0.2, 0.25) is 0 Å². The molecule has 2 nitrogen and oxygen atoms in total. The van der Waals surface area contributed by atoms with Crippen LogP contribution in [0.25, 0.3) is 0 Å². The Kier molecular flexibility index (Phi) is 2.38. The second-order valence-corrected chi connectivity index (χ2v) is 3.75. The molecule has 3 heteroatoms. The SMILES string of the molecule is CC1[C@H](O)CS[C@@H]1CO. The molecule has 3 atom stereocenters. The highest BCUT2D eigenvalue weighted by Crippen LogP contribution is 2.31. The van der Waals surface area contributed by atoms with Crippen LogP contribution in [0.5, 0.6) is 0 Å². The molecular formula is C6H12O2S. The van der Waals surface area contributed by atoms with Crippen LogP contribution in [0.4, 0.5) is 0 Å². The Morgan fingerprint density at radius 3 is 2.56 bits per heavy atom. The summed E-state index contributed by atoms with van der Waals surface area (Å²) in [7, 11) is 0. The van der Waals surface area contributed by atoms with Crippen molar-refractivity contribution >= 4 is 11.8 Å². The van der Waals surface area contributed by atoms with Crippen LogP contribution < -0.4 is 0 Å². The molecular weight excluding hydrogens is 136 g/mol. The van der Waals surface area contributed by atoms with Crippen molar-refractivity contribution in [2.45, 2.75) is 18.3 Å². The maximum Gasteiger partial charge on any atom is 0.0667 e. The van der Waals surface area contributed by atoms with Gasteiger partial charge in [0, 0.05) is 11.0 Å². The first kappa shape index (κ1) is 7.38. The molecule has 1 unspecified atom stereocenters. The van der Waals surface area contributed by atoms with Crippen molar-refractivity contribution in [1.29, 1.82) is 0 Å². The number of aliphatic hydroxyl groups excluding tert-OH is 2. The molecule has 1 fully saturated rings. The number of thioether (sulfide) groups is 1. The lowest BCUT2D eigenvalue weighted by atomic mass is 10.0. The van der Waals surface area contributed by atoms with Gasteiger partial charge in [-0.25, -0.2) is 0 Å². The minimum Gasteiger partial charge on any atom is -0.395 e. The third-order valence-corrected chi connectivity index (χ3v) is 3.39. The molecule has 1 aliphatic rings. The Hall–Kier alpha value is 0.270. The van der Waals surface area contributed by atoms with Gasteiger partial charge in [-0.2, -0.15) is 11.8 Å². The largest absolute Gasteiger partial charge is 0.395 e. The molecule has 1 rings (SSSR count). The second kappa shape index (κ2) is 2.90. The van der Waals surface area contributed by atoms with E-state index in [2.05, 4.69) is 0 Å². The van der Waals surface area contributed by atoms with Crippen molar-refractivity contribution in [3.05, 3.63) is 0 Å². The Morgan fingerprint density at radius 1 is 1.67 bits per heavy atom. The van der Waals surface area contributed by atoms with Gasteiger partial charge in [0.25, 0.3) is 0 Å². The molecule has 1 heterocycles. The van der Waals surface area contributed by atoms with Gasteiger partial charge in [-0.05, 0) is 5.92 Å². The first-order chi connectivity index (χ1) is 4.25. The van der Waals surface area contributed by atoms with E-state index >= 15 is 0 Å². The van der Waals surface area contributed by atoms with Gasteiger partial charge in [-0.1, -0.05) is 6.92 Å². The Labute approximate surface area is 59.3 Å². The summed E-state index contributed by atoms with van der Waals surface area (Å²) in [5, 5.41) is 18.2. The van der Waals surface area contributed by atoms with Crippen molar-refractivity contribution in [2.75, 3.05) is 12.4 Å². The van der Waals surface area contributed by atoms with Crippen LogP contribution in [0, 0.1) is 5.92 Å². The van der Waals surface area contributed by atoms with Gasteiger partial charge in [-0.15, -0.1) is 0 Å². The summed E-state index contributed by atoms with van der Waals surface area (Å²) in [4.78, 5) is 0. The van der Waals surface area contributed by atoms with Crippen molar-refractivity contribution in [2.24, 2.45) is 5.92 Å². The van der Waals surface area contributed by atoms with E-state index in [1.54, 1.807) is 11.8 Å². The van der Waals surface area contributed by atoms with E-state index in [1.165, 1.54) is 0 Å². The Morgan fingerprint density at radius 2 is 2.33 bits per heavy atom. The Balaban J connectivity index is 2.41. The van der Waals surface area contributed by atoms with Crippen molar-refractivity contribution in [3.8, 4) is 0 Å². The van der Waals surface area contributed by atoms with Gasteiger partial charge in [0.15, 0.2) is 0 Å². The zero-order valence-electron chi connectivity index (χ0n) is 5.45. The molecule has 1 aliphatic heterocycles. The minimum absolute atomic E-state index is 0.197. The fraction of sp³-hybridized carbons (Fsp3) is 1.00. The van der Waals surface area contributed by atoms with E-state index in [0.29, 0.717) is 0 Å². The third kappa shape index (κ3) is 1.39. The van der Waals surface area contributed by atoms with Gasteiger partial charge < -0.3 is 10.2 Å². The average Bonchev–Trinajstić information content (AvgIpc) is 2.15. The predicted octanol–water partition coefficient (Wildman–Crippen LogP) is 0.0911. The smallest absolute Gasteiger partial charge is 0.0667 e. The molecule has 0 aliphatic carbocycles. The fourth-order valence-electron chi connectivity index (χ4n) is 0.992. The molecule has 9 heavy (non-hydrogen) atoms. The Bertz CT molecular complexity index is 97.1. The number of hydrogen-bond donors (Lipinski definition) is 2. The maximum atomic E-state index is 9.17. The summed E-state index contributed by atoms with van der Waals surface area (Å²) in [6.07, 6.45) is -0.202. The number of aliphatic hydroxyl groups is 2. The number of rotatable bonds is 1. The summed E-state index contributed by atoms with van der Waals surface area (Å²) < 4.78 is 0. The van der Waals surface area contributed by atoms with Crippen molar-refractivity contribution in [3.63, 3.8) is 0 Å². The molecule has 0 radical (unpaired) electrons. The highest BCUT2D eigenvalue weighted by molar-refractivity contribution is 8.00. The zero-order valence-corrected chi connectivity index (χ0v) is 6.27. The fourth-order valence-corrected chi connectivity index (χ4v) is 2.33. The molecule has 2 N–H and O–H groups in total. The van der Waals surface area contributed by atoms with E-state index < -0.39 is 0 Å². The average molecular weight is 148 g/mol. The summed E-state index contributed by atoms with van der Waals surface area (Å²) in [5.41, 5.74) is 0. The maximum absolute atomic E-state index is 9.17. The lowest BCUT2D eigenvalue weighted by Gasteiger charge is -2.12. The molecule has 0 aromatic carbocycles. The van der Waals surface area contributed by atoms with Crippen LogP contribution in [0.2, 0.25) is 0 Å². The van der Waals surface area contributed by atoms with Crippen LogP contribution in [0.15, 0.2) is 0 Å². The normalized spacial score (nSPS) is 43.7. The minimum atomic E-state index is -0.202. The quantitative estimate of drug-likeness (QED) is 0.553. The van der Waals surface area contributed by atoms with E-state index in [9.17, 15) is 0 Å². The van der Waals surface area contributed by atoms with Crippen molar-refractivity contribution < 1.29 is 10.2 Å². The highest BCUT2D eigenvalue weighted by atomic mass is 32.2. The van der Waals surface area contributed by atoms with E-state index in [1.807, 2.05) is 6.92 Å². The number of hydrogen-bond acceptors (Lipinski definition) is 3. The molecule has 0 amide bonds. The third-order valence-electron chi connectivity index (χ3n) is 1.85. The topological polar surface area (TPSA) is 40.5 Å². The summed E-state index contributed by atoms with van der Waals surface area (Å²) in [6, 6.07) is 0. The van der Waals surface area contributed by atoms with Gasteiger partial charge in [-0.3, -0.25) is 0 Å². The monoisotopic (exact) mass is 148 g/mol. The zero-order chi connectivity index (χ0) is 6.85. The van der Waals surface area contributed by atoms with Gasteiger partial charge in [0.05, 0.1) is 12.7 Å². The lowest BCUT2D eigenvalue weighted by Crippen LogP contribution is -2.22. The van der Waals surface area contributed by atoms with Crippen LogP contribution >= 0.6 is 11.8 Å². The van der Waals surface area contributed by atoms with E-state index in [0.717, 1.165) is 5.75 Å². The summed E-state index contributed by atoms with van der Waals surface area (Å²) in [5.74, 6) is 1.05. The molecule has 54 valence electrons. The molecule has 0 aromatic heterocycles. The first-order valence-electron chi connectivity index (χ1n) is 3.16. The molecule has 0 aromatic rings. The van der Waals surface area contributed by atoms with Crippen LogP contribution in [0.1, 0.15) is 6.92 Å². The summed E-state index contributed by atoms with van der Waals surface area (Å²) in [6.45, 7) is 2.18. The van der Waals surface area contributed by atoms with Crippen LogP contribution in [-0.4, -0.2) is 33.9 Å². The van der Waals surface area contributed by atoms with Gasteiger partial charge >= 0.3 is 0 Å². The first-order valence-corrected chi connectivity index (χ1v) is 4.21. The van der Waals surface area contributed by atoms with Crippen LogP contribution in [-0.2, 0) is 0 Å². The predicted molar refractivity (Wildman–Crippen MR) is 38.5 cm³/mol. The van der Waals surface area contributed by atoms with E-state index in [4.69, 9.17) is 10.2 Å². The van der Waals surface area contributed by atoms with Crippen LogP contribution in [0.3, 0.4) is 0 Å². The highest BCUT2D eigenvalue weighted by Gasteiger charge is 2.30. The lowest BCUT2D eigenvalue weighted by molar-refractivity contribution is 0.134. The molecule has 0 bridgehead atoms. The van der Waals surface area contributed by atoms with Gasteiger partial charge in [0.1, 0.15) is 0 Å². The van der Waals surface area contributed by atoms with Crippen molar-refractivity contribution in [1.82, 2.24) is 0 Å². The second-order valence-electron chi connectivity index (χ2n) is 2.48. The molecule has 0 spiro atoms. The summed E-state index contributed by atoms with van der Waals surface area (Å²) >= 11 is 1.66. The standard InChI is InChI=1S/C6H12O2S/c1-4-5(8)3-9-6(4)2-7/h4-8H,2-3H2,1H3/t4?,5-,6-/m1/s1. The molecule has 0 saturated carbocycles.